The lowest BCUT2D eigenvalue weighted by Crippen LogP contribution is -2.43. The van der Waals surface area contributed by atoms with E-state index in [-0.39, 0.29) is 5.41 Å². The smallest absolute Gasteiger partial charge is 0.104 e. The molecule has 1 fully saturated rings. The van der Waals surface area contributed by atoms with Gasteiger partial charge in [0.15, 0.2) is 0 Å². The Bertz CT molecular complexity index is 388. The molecule has 1 unspecified atom stereocenters. The summed E-state index contributed by atoms with van der Waals surface area (Å²) in [6, 6.07) is 1.90. The highest BCUT2D eigenvalue weighted by Gasteiger charge is 2.44. The predicted octanol–water partition coefficient (Wildman–Crippen LogP) is 2.77. The summed E-state index contributed by atoms with van der Waals surface area (Å²) in [6.07, 6.45) is 4.23. The minimum atomic E-state index is -0.575. The van der Waals surface area contributed by atoms with Crippen molar-refractivity contribution in [2.75, 3.05) is 6.54 Å². The average molecular weight is 350 g/mol. The van der Waals surface area contributed by atoms with Crippen LogP contribution in [0.15, 0.2) is 21.2 Å². The van der Waals surface area contributed by atoms with E-state index < -0.39 is 6.10 Å². The molecule has 0 aromatic carbocycles. The third-order valence-electron chi connectivity index (χ3n) is 3.43. The first-order valence-electron chi connectivity index (χ1n) is 5.28. The zero-order chi connectivity index (χ0) is 11.8. The highest BCUT2D eigenvalue weighted by atomic mass is 79.9. The Morgan fingerprint density at radius 1 is 1.50 bits per heavy atom. The fourth-order valence-electron chi connectivity index (χ4n) is 2.14. The van der Waals surface area contributed by atoms with Crippen LogP contribution in [0.5, 0.6) is 0 Å². The molecule has 0 aliphatic heterocycles. The molecule has 0 radical (unpaired) electrons. The number of pyridine rings is 1. The Balaban J connectivity index is 2.29. The van der Waals surface area contributed by atoms with Gasteiger partial charge in [-0.3, -0.25) is 4.98 Å². The maximum Gasteiger partial charge on any atom is 0.104 e. The predicted molar refractivity (Wildman–Crippen MR) is 69.9 cm³/mol. The Morgan fingerprint density at radius 3 is 2.62 bits per heavy atom. The molecule has 3 nitrogen and oxygen atoms in total. The molecule has 16 heavy (non-hydrogen) atoms. The van der Waals surface area contributed by atoms with E-state index in [0.29, 0.717) is 12.2 Å². The van der Waals surface area contributed by atoms with Crippen molar-refractivity contribution in [3.8, 4) is 0 Å². The topological polar surface area (TPSA) is 59.1 Å². The van der Waals surface area contributed by atoms with Gasteiger partial charge in [0.1, 0.15) is 6.10 Å². The first-order chi connectivity index (χ1) is 7.59. The monoisotopic (exact) mass is 348 g/mol. The average Bonchev–Trinajstić information content (AvgIpc) is 2.16. The minimum Gasteiger partial charge on any atom is -0.386 e. The van der Waals surface area contributed by atoms with Gasteiger partial charge < -0.3 is 10.8 Å². The Labute approximate surface area is 112 Å². The number of nitrogens with two attached hydrogens (primary N) is 1. The lowest BCUT2D eigenvalue weighted by Gasteiger charge is -2.44. The van der Waals surface area contributed by atoms with Gasteiger partial charge in [0, 0.05) is 27.1 Å². The van der Waals surface area contributed by atoms with Gasteiger partial charge in [-0.15, -0.1) is 0 Å². The van der Waals surface area contributed by atoms with Crippen molar-refractivity contribution in [3.05, 3.63) is 26.9 Å². The van der Waals surface area contributed by atoms with Crippen molar-refractivity contribution in [2.45, 2.75) is 25.4 Å². The van der Waals surface area contributed by atoms with E-state index in [4.69, 9.17) is 5.73 Å². The molecule has 1 aromatic rings. The number of aliphatic hydroxyl groups is 1. The molecule has 0 bridgehead atoms. The summed E-state index contributed by atoms with van der Waals surface area (Å²) in [6.45, 7) is 0.512. The van der Waals surface area contributed by atoms with E-state index in [1.807, 2.05) is 6.07 Å². The van der Waals surface area contributed by atoms with Crippen LogP contribution in [0.2, 0.25) is 0 Å². The molecule has 1 saturated carbocycles. The molecule has 5 heteroatoms. The Morgan fingerprint density at radius 2 is 2.19 bits per heavy atom. The van der Waals surface area contributed by atoms with Crippen molar-refractivity contribution >= 4 is 31.9 Å². The molecule has 88 valence electrons. The third kappa shape index (κ3) is 2.06. The maximum atomic E-state index is 10.4. The zero-order valence-corrected chi connectivity index (χ0v) is 12.0. The number of halogens is 2. The van der Waals surface area contributed by atoms with E-state index in [1.54, 1.807) is 6.20 Å². The molecular formula is C11H14Br2N2O. The number of rotatable bonds is 3. The number of hydrogen-bond donors (Lipinski definition) is 2. The normalized spacial score (nSPS) is 20.2. The van der Waals surface area contributed by atoms with Gasteiger partial charge in [0.05, 0.1) is 5.69 Å². The molecular weight excluding hydrogens is 336 g/mol. The van der Waals surface area contributed by atoms with Gasteiger partial charge in [0.2, 0.25) is 0 Å². The number of aliphatic hydroxyl groups excluding tert-OH is 1. The second-order valence-electron chi connectivity index (χ2n) is 4.34. The highest BCUT2D eigenvalue weighted by Crippen LogP contribution is 2.50. The molecule has 1 aliphatic carbocycles. The van der Waals surface area contributed by atoms with Gasteiger partial charge in [-0.1, -0.05) is 6.42 Å². The second-order valence-corrected chi connectivity index (χ2v) is 6.11. The first-order valence-corrected chi connectivity index (χ1v) is 6.87. The maximum absolute atomic E-state index is 10.4. The van der Waals surface area contributed by atoms with Gasteiger partial charge in [-0.2, -0.15) is 0 Å². The van der Waals surface area contributed by atoms with Crippen molar-refractivity contribution in [1.29, 1.82) is 0 Å². The van der Waals surface area contributed by atoms with E-state index in [0.717, 1.165) is 28.2 Å². The van der Waals surface area contributed by atoms with Crippen LogP contribution in [0.25, 0.3) is 0 Å². The zero-order valence-electron chi connectivity index (χ0n) is 8.79. The summed E-state index contributed by atoms with van der Waals surface area (Å²) < 4.78 is 1.72. The summed E-state index contributed by atoms with van der Waals surface area (Å²) in [5.74, 6) is 0. The highest BCUT2D eigenvalue weighted by molar-refractivity contribution is 9.11. The van der Waals surface area contributed by atoms with Gasteiger partial charge in [-0.05, 0) is 50.8 Å². The van der Waals surface area contributed by atoms with Gasteiger partial charge in [-0.25, -0.2) is 0 Å². The van der Waals surface area contributed by atoms with E-state index in [9.17, 15) is 5.11 Å². The quantitative estimate of drug-likeness (QED) is 0.882. The molecule has 3 N–H and O–H groups in total. The van der Waals surface area contributed by atoms with Crippen LogP contribution >= 0.6 is 31.9 Å². The van der Waals surface area contributed by atoms with Crippen LogP contribution in [0.1, 0.15) is 31.1 Å². The summed E-state index contributed by atoms with van der Waals surface area (Å²) in [7, 11) is 0. The van der Waals surface area contributed by atoms with Crippen LogP contribution < -0.4 is 5.73 Å². The third-order valence-corrected chi connectivity index (χ3v) is 4.50. The molecule has 1 atom stereocenters. The molecule has 0 amide bonds. The van der Waals surface area contributed by atoms with Crippen molar-refractivity contribution < 1.29 is 5.11 Å². The van der Waals surface area contributed by atoms with Crippen LogP contribution in [0.3, 0.4) is 0 Å². The Kier molecular flexibility index (Phi) is 3.69. The second kappa shape index (κ2) is 4.72. The molecule has 1 aromatic heterocycles. The molecule has 0 spiro atoms. The Hall–Kier alpha value is 0.0300. The number of nitrogens with zero attached hydrogens (tertiary/aromatic N) is 1. The van der Waals surface area contributed by atoms with E-state index >= 15 is 0 Å². The largest absolute Gasteiger partial charge is 0.386 e. The summed E-state index contributed by atoms with van der Waals surface area (Å²) >= 11 is 6.77. The lowest BCUT2D eigenvalue weighted by atomic mass is 9.64. The van der Waals surface area contributed by atoms with E-state index in [2.05, 4.69) is 36.8 Å². The number of aromatic nitrogens is 1. The summed E-state index contributed by atoms with van der Waals surface area (Å²) in [5, 5.41) is 10.4. The lowest BCUT2D eigenvalue weighted by molar-refractivity contribution is -0.0326. The molecule has 2 rings (SSSR count). The summed E-state index contributed by atoms with van der Waals surface area (Å²) in [5.41, 5.74) is 6.30. The van der Waals surface area contributed by atoms with Crippen LogP contribution in [-0.4, -0.2) is 16.6 Å². The van der Waals surface area contributed by atoms with Crippen molar-refractivity contribution in [3.63, 3.8) is 0 Å². The first kappa shape index (κ1) is 12.5. The summed E-state index contributed by atoms with van der Waals surface area (Å²) in [4.78, 5) is 4.27. The van der Waals surface area contributed by atoms with Gasteiger partial charge in [0.25, 0.3) is 0 Å². The van der Waals surface area contributed by atoms with Crippen LogP contribution in [0.4, 0.5) is 0 Å². The fraction of sp³-hybridized carbons (Fsp3) is 0.545. The molecule has 1 heterocycles. The SMILES string of the molecule is NCC1(C(O)c2ncc(Br)cc2Br)CCC1. The van der Waals surface area contributed by atoms with Crippen molar-refractivity contribution in [1.82, 2.24) is 4.98 Å². The number of hydrogen-bond acceptors (Lipinski definition) is 3. The molecule has 0 saturated heterocycles. The fourth-order valence-corrected chi connectivity index (χ4v) is 3.34. The van der Waals surface area contributed by atoms with Crippen LogP contribution in [0, 0.1) is 5.41 Å². The van der Waals surface area contributed by atoms with E-state index in [1.165, 1.54) is 0 Å². The van der Waals surface area contributed by atoms with Crippen molar-refractivity contribution in [2.24, 2.45) is 11.1 Å². The minimum absolute atomic E-state index is 0.163. The van der Waals surface area contributed by atoms with Gasteiger partial charge >= 0.3 is 0 Å². The standard InChI is InChI=1S/C11H14Br2N2O/c12-7-4-8(13)9(15-5-7)10(16)11(6-14)2-1-3-11/h4-5,10,16H,1-3,6,14H2. The molecule has 1 aliphatic rings. The van der Waals surface area contributed by atoms with Crippen LogP contribution in [-0.2, 0) is 0 Å².